The molecule has 0 saturated carbocycles. The van der Waals surface area contributed by atoms with Gasteiger partial charge >= 0.3 is 5.69 Å². The van der Waals surface area contributed by atoms with Crippen molar-refractivity contribution in [3.63, 3.8) is 0 Å². The van der Waals surface area contributed by atoms with Crippen LogP contribution in [0.3, 0.4) is 0 Å². The van der Waals surface area contributed by atoms with Crippen molar-refractivity contribution in [3.8, 4) is 0 Å². The maximum Gasteiger partial charge on any atom is 0.330 e. The molecule has 2 heterocycles. The molecule has 146 valence electrons. The third-order valence-corrected chi connectivity index (χ3v) is 4.19. The summed E-state index contributed by atoms with van der Waals surface area (Å²) in [5, 5.41) is 0.357. The van der Waals surface area contributed by atoms with Crippen molar-refractivity contribution in [2.45, 2.75) is 40.2 Å². The molecule has 0 fully saturated rings. The van der Waals surface area contributed by atoms with Crippen molar-refractivity contribution in [1.82, 2.24) is 14.5 Å². The van der Waals surface area contributed by atoms with Gasteiger partial charge in [0.1, 0.15) is 11.5 Å². The van der Waals surface area contributed by atoms with E-state index in [0.717, 1.165) is 6.42 Å². The quantitative estimate of drug-likeness (QED) is 0.748. The lowest BCUT2D eigenvalue weighted by Crippen LogP contribution is -2.42. The molecule has 0 aliphatic carbocycles. The number of amides is 1. The van der Waals surface area contributed by atoms with Crippen molar-refractivity contribution in [2.75, 3.05) is 17.2 Å². The van der Waals surface area contributed by atoms with E-state index in [-0.39, 0.29) is 29.7 Å². The number of aromatic amines is 1. The van der Waals surface area contributed by atoms with E-state index >= 15 is 0 Å². The van der Waals surface area contributed by atoms with Crippen molar-refractivity contribution >= 4 is 29.0 Å². The minimum absolute atomic E-state index is 0.0380. The van der Waals surface area contributed by atoms with Crippen molar-refractivity contribution < 1.29 is 4.79 Å². The molecule has 8 nitrogen and oxygen atoms in total. The molecule has 1 amide bonds. The van der Waals surface area contributed by atoms with E-state index in [1.807, 2.05) is 20.8 Å². The van der Waals surface area contributed by atoms with Crippen LogP contribution in [-0.4, -0.2) is 27.0 Å². The molecule has 0 atom stereocenters. The maximum absolute atomic E-state index is 13.0. The number of aromatic nitrogens is 3. The number of hydrogen-bond acceptors (Lipinski definition) is 5. The summed E-state index contributed by atoms with van der Waals surface area (Å²) in [4.78, 5) is 45.3. The summed E-state index contributed by atoms with van der Waals surface area (Å²) in [7, 11) is 0. The first-order valence-corrected chi connectivity index (χ1v) is 9.20. The fourth-order valence-corrected chi connectivity index (χ4v) is 2.84. The van der Waals surface area contributed by atoms with E-state index in [2.05, 4.69) is 9.97 Å². The van der Waals surface area contributed by atoms with Crippen LogP contribution in [0.15, 0.2) is 27.9 Å². The molecule has 2 aromatic heterocycles. The highest BCUT2D eigenvalue weighted by atomic mass is 35.5. The first-order chi connectivity index (χ1) is 12.8. The van der Waals surface area contributed by atoms with Crippen LogP contribution in [0.1, 0.15) is 44.1 Å². The summed E-state index contributed by atoms with van der Waals surface area (Å²) in [6.45, 7) is 6.39. The number of H-pyrrole nitrogens is 1. The number of rotatable bonds is 7. The minimum atomic E-state index is -0.705. The third kappa shape index (κ3) is 4.77. The van der Waals surface area contributed by atoms with Gasteiger partial charge in [0, 0.05) is 24.3 Å². The topological polar surface area (TPSA) is 114 Å². The van der Waals surface area contributed by atoms with Gasteiger partial charge < -0.3 is 5.73 Å². The highest BCUT2D eigenvalue weighted by molar-refractivity contribution is 6.31. The number of unbranched alkanes of at least 4 members (excludes halogenated alkanes) is 1. The second-order valence-electron chi connectivity index (χ2n) is 6.67. The van der Waals surface area contributed by atoms with Gasteiger partial charge in [0.15, 0.2) is 5.69 Å². The van der Waals surface area contributed by atoms with Crippen LogP contribution < -0.4 is 21.9 Å². The first-order valence-electron chi connectivity index (χ1n) is 8.82. The van der Waals surface area contributed by atoms with Gasteiger partial charge in [-0.25, -0.2) is 4.79 Å². The molecular weight excluding hydrogens is 370 g/mol. The van der Waals surface area contributed by atoms with Crippen LogP contribution in [0.25, 0.3) is 0 Å². The lowest BCUT2D eigenvalue weighted by molar-refractivity contribution is 0.0981. The largest absolute Gasteiger partial charge is 0.383 e. The molecule has 2 rings (SSSR count). The summed E-state index contributed by atoms with van der Waals surface area (Å²) in [5.41, 5.74) is 4.90. The van der Waals surface area contributed by atoms with Crippen LogP contribution in [0.2, 0.25) is 5.02 Å². The lowest BCUT2D eigenvalue weighted by atomic mass is 10.2. The second kappa shape index (κ2) is 8.85. The molecule has 0 spiro atoms. The Bertz CT molecular complexity index is 935. The Morgan fingerprint density at radius 1 is 1.41 bits per heavy atom. The van der Waals surface area contributed by atoms with Gasteiger partial charge in [-0.2, -0.15) is 0 Å². The van der Waals surface area contributed by atoms with Gasteiger partial charge in [0.25, 0.3) is 11.5 Å². The average Bonchev–Trinajstić information content (AvgIpc) is 2.60. The van der Waals surface area contributed by atoms with Gasteiger partial charge in [-0.1, -0.05) is 38.8 Å². The molecule has 3 N–H and O–H groups in total. The molecule has 0 aliphatic rings. The Labute approximate surface area is 162 Å². The Morgan fingerprint density at radius 3 is 2.70 bits per heavy atom. The predicted octanol–water partition coefficient (Wildman–Crippen LogP) is 2.27. The molecule has 0 saturated heterocycles. The number of carbonyl (C=O) groups excluding carboxylic acids is 1. The van der Waals surface area contributed by atoms with E-state index in [0.29, 0.717) is 18.0 Å². The van der Waals surface area contributed by atoms with Crippen LogP contribution in [0.4, 0.5) is 11.5 Å². The van der Waals surface area contributed by atoms with Crippen LogP contribution in [-0.2, 0) is 6.54 Å². The fraction of sp³-hybridized carbons (Fsp3) is 0.444. The van der Waals surface area contributed by atoms with Gasteiger partial charge in [-0.3, -0.25) is 29.0 Å². The molecule has 0 bridgehead atoms. The highest BCUT2D eigenvalue weighted by Crippen LogP contribution is 2.21. The van der Waals surface area contributed by atoms with E-state index in [4.69, 9.17) is 17.3 Å². The molecule has 0 radical (unpaired) electrons. The second-order valence-corrected chi connectivity index (χ2v) is 7.10. The van der Waals surface area contributed by atoms with Crippen LogP contribution >= 0.6 is 11.6 Å². The van der Waals surface area contributed by atoms with Gasteiger partial charge in [0.2, 0.25) is 0 Å². The summed E-state index contributed by atoms with van der Waals surface area (Å²) >= 11 is 5.96. The molecule has 27 heavy (non-hydrogen) atoms. The number of halogens is 1. The number of nitrogens with two attached hydrogens (primary N) is 1. The zero-order valence-corrected chi connectivity index (χ0v) is 16.4. The summed E-state index contributed by atoms with van der Waals surface area (Å²) < 4.78 is 1.28. The fourth-order valence-electron chi connectivity index (χ4n) is 2.68. The highest BCUT2D eigenvalue weighted by Gasteiger charge is 2.26. The van der Waals surface area contributed by atoms with Crippen molar-refractivity contribution in [2.24, 2.45) is 5.92 Å². The van der Waals surface area contributed by atoms with E-state index < -0.39 is 17.2 Å². The average molecular weight is 394 g/mol. The van der Waals surface area contributed by atoms with Gasteiger partial charge in [0.05, 0.1) is 0 Å². The van der Waals surface area contributed by atoms with E-state index in [1.54, 1.807) is 6.07 Å². The minimum Gasteiger partial charge on any atom is -0.383 e. The van der Waals surface area contributed by atoms with E-state index in [1.165, 1.54) is 21.7 Å². The molecule has 2 aromatic rings. The normalized spacial score (nSPS) is 11.0. The summed E-state index contributed by atoms with van der Waals surface area (Å²) in [5.74, 6) is -0.417. The van der Waals surface area contributed by atoms with Crippen molar-refractivity contribution in [3.05, 3.63) is 49.9 Å². The van der Waals surface area contributed by atoms with Crippen LogP contribution in [0.5, 0.6) is 0 Å². The zero-order valence-electron chi connectivity index (χ0n) is 15.7. The Hall–Kier alpha value is -2.61. The summed E-state index contributed by atoms with van der Waals surface area (Å²) in [6, 6.07) is 2.98. The molecular formula is C18H24ClN5O3. The standard InChI is InChI=1S/C18H24ClN5O3/c1-4-5-8-23(17(26)13-9-12(19)6-7-21-13)14-15(20)24(10-11(2)3)18(27)22-16(14)25/h6-7,9,11H,4-5,8,10,20H2,1-3H3,(H,22,25,27). The molecule has 9 heteroatoms. The Balaban J connectivity index is 2.61. The lowest BCUT2D eigenvalue weighted by Gasteiger charge is -2.24. The zero-order chi connectivity index (χ0) is 20.1. The van der Waals surface area contributed by atoms with Gasteiger partial charge in [-0.05, 0) is 24.5 Å². The maximum atomic E-state index is 13.0. The monoisotopic (exact) mass is 393 g/mol. The third-order valence-electron chi connectivity index (χ3n) is 3.95. The Morgan fingerprint density at radius 2 is 2.11 bits per heavy atom. The van der Waals surface area contributed by atoms with E-state index in [9.17, 15) is 14.4 Å². The van der Waals surface area contributed by atoms with Crippen molar-refractivity contribution in [1.29, 1.82) is 0 Å². The first kappa shape index (κ1) is 20.7. The summed E-state index contributed by atoms with van der Waals surface area (Å²) in [6.07, 6.45) is 2.87. The molecule has 0 unspecified atom stereocenters. The number of nitrogens with one attached hydrogen (secondary N) is 1. The number of pyridine rings is 1. The number of nitrogen functional groups attached to an aromatic ring is 1. The number of hydrogen-bond donors (Lipinski definition) is 2. The number of carbonyl (C=O) groups is 1. The smallest absolute Gasteiger partial charge is 0.330 e. The number of nitrogens with zero attached hydrogens (tertiary/aromatic N) is 3. The molecule has 0 aromatic carbocycles. The Kier molecular flexibility index (Phi) is 6.79. The molecule has 0 aliphatic heterocycles. The number of anilines is 2. The van der Waals surface area contributed by atoms with Crippen LogP contribution in [0, 0.1) is 5.92 Å². The predicted molar refractivity (Wildman–Crippen MR) is 106 cm³/mol. The van der Waals surface area contributed by atoms with Gasteiger partial charge in [-0.15, -0.1) is 0 Å². The SMILES string of the molecule is CCCCN(C(=O)c1cc(Cl)ccn1)c1c(N)n(CC(C)C)c(=O)[nH]c1=O.